The Bertz CT molecular complexity index is 685. The molecule has 2 fully saturated rings. The van der Waals surface area contributed by atoms with Crippen molar-refractivity contribution in [3.63, 3.8) is 0 Å². The molecule has 2 saturated heterocycles. The van der Waals surface area contributed by atoms with Crippen LogP contribution in [0.25, 0.3) is 0 Å². The van der Waals surface area contributed by atoms with Crippen LogP contribution < -0.4 is 10.1 Å². The highest BCUT2D eigenvalue weighted by Gasteiger charge is 2.39. The van der Waals surface area contributed by atoms with E-state index in [9.17, 15) is 4.39 Å². The Hall–Kier alpha value is -1.86. The van der Waals surface area contributed by atoms with Gasteiger partial charge in [-0.1, -0.05) is 6.07 Å². The minimum atomic E-state index is -0.337. The fourth-order valence-corrected chi connectivity index (χ4v) is 4.37. The van der Waals surface area contributed by atoms with Gasteiger partial charge in [-0.25, -0.2) is 4.39 Å². The van der Waals surface area contributed by atoms with Gasteiger partial charge in [0.2, 0.25) is 0 Å². The van der Waals surface area contributed by atoms with Crippen LogP contribution in [0.2, 0.25) is 0 Å². The summed E-state index contributed by atoms with van der Waals surface area (Å²) in [4.78, 5) is 9.71. The van der Waals surface area contributed by atoms with Crippen LogP contribution >= 0.6 is 0 Å². The number of nitrogens with zero attached hydrogens (tertiary/aromatic N) is 3. The van der Waals surface area contributed by atoms with Crippen LogP contribution in [0.4, 0.5) is 4.39 Å². The zero-order chi connectivity index (χ0) is 20.7. The third-order valence-corrected chi connectivity index (χ3v) is 6.06. The zero-order valence-corrected chi connectivity index (χ0v) is 18.0. The second kappa shape index (κ2) is 10.3. The first-order chi connectivity index (χ1) is 14.1. The van der Waals surface area contributed by atoms with Crippen LogP contribution in [0.1, 0.15) is 38.2 Å². The van der Waals surface area contributed by atoms with Crippen LogP contribution in [-0.2, 0) is 11.3 Å². The topological polar surface area (TPSA) is 49.3 Å². The highest BCUT2D eigenvalue weighted by molar-refractivity contribution is 5.79. The summed E-state index contributed by atoms with van der Waals surface area (Å²) in [6, 6.07) is 5.10. The molecule has 0 unspecified atom stereocenters. The van der Waals surface area contributed by atoms with Gasteiger partial charge in [-0.3, -0.25) is 9.89 Å². The molecule has 1 aromatic rings. The van der Waals surface area contributed by atoms with E-state index in [1.54, 1.807) is 6.07 Å². The minimum Gasteiger partial charge on any atom is -0.494 e. The van der Waals surface area contributed by atoms with Gasteiger partial charge >= 0.3 is 0 Å². The SMILES string of the molecule is CCNC(=NCC1(N2CCCC2)CCOCC1)N(C)Cc1ccc(OC)c(F)c1. The first-order valence-corrected chi connectivity index (χ1v) is 10.7. The third kappa shape index (κ3) is 5.39. The molecule has 2 aliphatic heterocycles. The molecule has 1 N–H and O–H groups in total. The Morgan fingerprint density at radius 3 is 2.66 bits per heavy atom. The monoisotopic (exact) mass is 406 g/mol. The van der Waals surface area contributed by atoms with E-state index in [2.05, 4.69) is 22.0 Å². The fourth-order valence-electron chi connectivity index (χ4n) is 4.37. The number of hydrogen-bond acceptors (Lipinski definition) is 4. The lowest BCUT2D eigenvalue weighted by Gasteiger charge is -2.43. The van der Waals surface area contributed by atoms with E-state index < -0.39 is 0 Å². The summed E-state index contributed by atoms with van der Waals surface area (Å²) in [7, 11) is 3.47. The molecule has 3 rings (SSSR count). The predicted molar refractivity (Wildman–Crippen MR) is 114 cm³/mol. The van der Waals surface area contributed by atoms with Gasteiger partial charge < -0.3 is 19.7 Å². The van der Waals surface area contributed by atoms with Gasteiger partial charge in [0, 0.05) is 38.9 Å². The van der Waals surface area contributed by atoms with E-state index >= 15 is 0 Å². The molecule has 0 radical (unpaired) electrons. The number of rotatable bonds is 7. The van der Waals surface area contributed by atoms with Crippen molar-refractivity contribution in [2.45, 2.75) is 44.7 Å². The van der Waals surface area contributed by atoms with Gasteiger partial charge in [-0.2, -0.15) is 0 Å². The lowest BCUT2D eigenvalue weighted by atomic mass is 9.88. The van der Waals surface area contributed by atoms with Crippen LogP contribution in [0.3, 0.4) is 0 Å². The minimum absolute atomic E-state index is 0.0997. The standard InChI is InChI=1S/C22H35FN4O2/c1-4-24-21(26(2)16-18-7-8-20(28-3)19(23)15-18)25-17-22(9-13-29-14-10-22)27-11-5-6-12-27/h7-8,15H,4-6,9-14,16-17H2,1-3H3,(H,24,25). The molecule has 7 heteroatoms. The van der Waals surface area contributed by atoms with Gasteiger partial charge in [-0.15, -0.1) is 0 Å². The molecule has 29 heavy (non-hydrogen) atoms. The number of aliphatic imine (C=N–C) groups is 1. The van der Waals surface area contributed by atoms with Crippen LogP contribution in [0, 0.1) is 5.82 Å². The number of halogens is 1. The van der Waals surface area contributed by atoms with Crippen LogP contribution in [-0.4, -0.2) is 74.8 Å². The molecule has 0 amide bonds. The average Bonchev–Trinajstić information content (AvgIpc) is 3.27. The molecular weight excluding hydrogens is 371 g/mol. The molecule has 162 valence electrons. The van der Waals surface area contributed by atoms with E-state index in [4.69, 9.17) is 14.5 Å². The van der Waals surface area contributed by atoms with Crippen molar-refractivity contribution < 1.29 is 13.9 Å². The number of nitrogens with one attached hydrogen (secondary N) is 1. The van der Waals surface area contributed by atoms with Crippen molar-refractivity contribution in [3.8, 4) is 5.75 Å². The summed E-state index contributed by atoms with van der Waals surface area (Å²) in [5.74, 6) is 0.786. The molecule has 6 nitrogen and oxygen atoms in total. The maximum Gasteiger partial charge on any atom is 0.194 e. The van der Waals surface area contributed by atoms with Crippen molar-refractivity contribution in [1.82, 2.24) is 15.1 Å². The Morgan fingerprint density at radius 2 is 2.03 bits per heavy atom. The second-order valence-corrected chi connectivity index (χ2v) is 8.03. The van der Waals surface area contributed by atoms with Crippen LogP contribution in [0.5, 0.6) is 5.75 Å². The summed E-state index contributed by atoms with van der Waals surface area (Å²) in [5.41, 5.74) is 0.986. The lowest BCUT2D eigenvalue weighted by molar-refractivity contribution is -0.0139. The van der Waals surface area contributed by atoms with Crippen molar-refractivity contribution >= 4 is 5.96 Å². The van der Waals surface area contributed by atoms with Gasteiger partial charge in [0.1, 0.15) is 0 Å². The average molecular weight is 407 g/mol. The van der Waals surface area contributed by atoms with Crippen molar-refractivity contribution in [3.05, 3.63) is 29.6 Å². The van der Waals surface area contributed by atoms with Gasteiger partial charge in [0.25, 0.3) is 0 Å². The number of benzene rings is 1. The van der Waals surface area contributed by atoms with Crippen LogP contribution in [0.15, 0.2) is 23.2 Å². The number of methoxy groups -OCH3 is 1. The predicted octanol–water partition coefficient (Wildman–Crippen LogP) is 2.88. The van der Waals surface area contributed by atoms with Crippen molar-refractivity contribution in [2.24, 2.45) is 4.99 Å². The van der Waals surface area contributed by atoms with Gasteiger partial charge in [0.15, 0.2) is 17.5 Å². The number of likely N-dealkylation sites (tertiary alicyclic amines) is 1. The smallest absolute Gasteiger partial charge is 0.194 e. The molecule has 0 aromatic heterocycles. The molecule has 0 aliphatic carbocycles. The largest absolute Gasteiger partial charge is 0.494 e. The summed E-state index contributed by atoms with van der Waals surface area (Å²) in [5, 5.41) is 3.39. The van der Waals surface area contributed by atoms with Gasteiger partial charge in [0.05, 0.1) is 13.7 Å². The first-order valence-electron chi connectivity index (χ1n) is 10.7. The third-order valence-electron chi connectivity index (χ3n) is 6.06. The normalized spacial score (nSPS) is 19.9. The van der Waals surface area contributed by atoms with E-state index in [0.29, 0.717) is 6.54 Å². The van der Waals surface area contributed by atoms with Crippen molar-refractivity contribution in [2.75, 3.05) is 53.6 Å². The van der Waals surface area contributed by atoms with Gasteiger partial charge in [-0.05, 0) is 63.4 Å². The summed E-state index contributed by atoms with van der Waals surface area (Å²) in [6.45, 7) is 8.14. The highest BCUT2D eigenvalue weighted by Crippen LogP contribution is 2.31. The van der Waals surface area contributed by atoms with E-state index in [1.807, 2.05) is 13.1 Å². The maximum absolute atomic E-state index is 14.1. The van der Waals surface area contributed by atoms with Crippen molar-refractivity contribution in [1.29, 1.82) is 0 Å². The Labute approximate surface area is 174 Å². The summed E-state index contributed by atoms with van der Waals surface area (Å²) < 4.78 is 24.7. The number of ether oxygens (including phenoxy) is 2. The second-order valence-electron chi connectivity index (χ2n) is 8.03. The Morgan fingerprint density at radius 1 is 1.31 bits per heavy atom. The maximum atomic E-state index is 14.1. The quantitative estimate of drug-likeness (QED) is 0.557. The number of guanidine groups is 1. The fraction of sp³-hybridized carbons (Fsp3) is 0.682. The molecule has 0 spiro atoms. The Balaban J connectivity index is 1.72. The summed E-state index contributed by atoms with van der Waals surface area (Å²) in [6.07, 6.45) is 4.61. The molecule has 2 aliphatic rings. The molecular formula is C22H35FN4O2. The van der Waals surface area contributed by atoms with E-state index in [0.717, 1.165) is 63.8 Å². The Kier molecular flexibility index (Phi) is 7.72. The molecule has 0 saturated carbocycles. The first kappa shape index (κ1) is 21.8. The number of hydrogen-bond donors (Lipinski definition) is 1. The van der Waals surface area contributed by atoms with E-state index in [1.165, 1.54) is 26.0 Å². The molecule has 0 atom stereocenters. The van der Waals surface area contributed by atoms with E-state index in [-0.39, 0.29) is 17.1 Å². The lowest BCUT2D eigenvalue weighted by Crippen LogP contribution is -2.54. The molecule has 2 heterocycles. The zero-order valence-electron chi connectivity index (χ0n) is 18.0. The highest BCUT2D eigenvalue weighted by atomic mass is 19.1. The molecule has 0 bridgehead atoms. The summed E-state index contributed by atoms with van der Waals surface area (Å²) >= 11 is 0. The molecule has 1 aromatic carbocycles.